The van der Waals surface area contributed by atoms with Crippen molar-refractivity contribution in [2.24, 2.45) is 0 Å². The summed E-state index contributed by atoms with van der Waals surface area (Å²) in [6.07, 6.45) is 0. The summed E-state index contributed by atoms with van der Waals surface area (Å²) < 4.78 is 47.2. The van der Waals surface area contributed by atoms with Crippen molar-refractivity contribution in [3.8, 4) is 0 Å². The first-order valence-corrected chi connectivity index (χ1v) is 5.50. The summed E-state index contributed by atoms with van der Waals surface area (Å²) >= 11 is 0. The van der Waals surface area contributed by atoms with Gasteiger partial charge in [-0.05, 0) is 24.3 Å². The maximum Gasteiger partial charge on any atom is 0.475 e. The van der Waals surface area contributed by atoms with Crippen LogP contribution < -0.4 is 5.32 Å². The fourth-order valence-electron chi connectivity index (χ4n) is 1.01. The zero-order chi connectivity index (χ0) is 13.1. The Labute approximate surface area is 96.9 Å². The van der Waals surface area contributed by atoms with E-state index in [1.165, 1.54) is 12.1 Å². The molecular formula is C9H8F3NO3S. The van der Waals surface area contributed by atoms with Gasteiger partial charge in [-0.3, -0.25) is 4.79 Å². The number of anilines is 1. The fraction of sp³-hybridized carbons (Fsp3) is 0.222. The van der Waals surface area contributed by atoms with E-state index in [0.29, 0.717) is 5.69 Å². The molecule has 0 radical (unpaired) electrons. The molecular weight excluding hydrogens is 259 g/mol. The lowest BCUT2D eigenvalue weighted by Gasteiger charge is -2.07. The number of aliphatic carboxylic acids is 1. The zero-order valence-electron chi connectivity index (χ0n) is 8.32. The molecule has 1 aromatic carbocycles. The van der Waals surface area contributed by atoms with Crippen LogP contribution in [0.1, 0.15) is 0 Å². The average molecular weight is 267 g/mol. The van der Waals surface area contributed by atoms with E-state index in [-0.39, 0.29) is 11.4 Å². The number of nitrogens with one attached hydrogen (secondary N) is 1. The molecule has 1 unspecified atom stereocenters. The molecule has 0 heterocycles. The predicted molar refractivity (Wildman–Crippen MR) is 55.0 cm³/mol. The number of rotatable bonds is 4. The summed E-state index contributed by atoms with van der Waals surface area (Å²) in [6, 6.07) is 4.55. The van der Waals surface area contributed by atoms with E-state index in [1.54, 1.807) is 0 Å². The summed E-state index contributed by atoms with van der Waals surface area (Å²) in [5.41, 5.74) is -4.45. The molecule has 2 N–H and O–H groups in total. The number of alkyl halides is 3. The number of carboxylic acid groups (broad SMARTS) is 1. The first-order chi connectivity index (χ1) is 7.80. The third-order valence-corrected chi connectivity index (χ3v) is 2.84. The van der Waals surface area contributed by atoms with Crippen LogP contribution in [0, 0.1) is 0 Å². The van der Waals surface area contributed by atoms with Gasteiger partial charge in [0.25, 0.3) is 0 Å². The second-order valence-corrected chi connectivity index (χ2v) is 4.46. The molecule has 0 spiro atoms. The SMILES string of the molecule is O=C(O)CNc1ccc(S(=O)C(F)(F)F)cc1. The minimum Gasteiger partial charge on any atom is -0.480 e. The lowest BCUT2D eigenvalue weighted by molar-refractivity contribution is -0.134. The lowest BCUT2D eigenvalue weighted by atomic mass is 10.3. The highest BCUT2D eigenvalue weighted by molar-refractivity contribution is 7.86. The van der Waals surface area contributed by atoms with Gasteiger partial charge >= 0.3 is 11.5 Å². The van der Waals surface area contributed by atoms with Gasteiger partial charge in [0.15, 0.2) is 10.8 Å². The van der Waals surface area contributed by atoms with Crippen LogP contribution in [0.4, 0.5) is 18.9 Å². The summed E-state index contributed by atoms with van der Waals surface area (Å²) in [7, 11) is -3.07. The summed E-state index contributed by atoms with van der Waals surface area (Å²) in [5, 5.41) is 10.8. The summed E-state index contributed by atoms with van der Waals surface area (Å²) in [4.78, 5) is 9.84. The predicted octanol–water partition coefficient (Wildman–Crippen LogP) is 1.81. The molecule has 94 valence electrons. The van der Waals surface area contributed by atoms with Crippen molar-refractivity contribution in [2.45, 2.75) is 10.4 Å². The van der Waals surface area contributed by atoms with Crippen molar-refractivity contribution in [1.29, 1.82) is 0 Å². The van der Waals surface area contributed by atoms with Crippen LogP contribution in [0.25, 0.3) is 0 Å². The Kier molecular flexibility index (Phi) is 4.11. The second kappa shape index (κ2) is 5.17. The number of hydrogen-bond acceptors (Lipinski definition) is 3. The van der Waals surface area contributed by atoms with Crippen molar-refractivity contribution in [3.63, 3.8) is 0 Å². The van der Waals surface area contributed by atoms with E-state index in [1.807, 2.05) is 0 Å². The van der Waals surface area contributed by atoms with Crippen molar-refractivity contribution in [2.75, 3.05) is 11.9 Å². The average Bonchev–Trinajstić information content (AvgIpc) is 2.25. The highest BCUT2D eigenvalue weighted by atomic mass is 32.2. The Morgan fingerprint density at radius 3 is 2.24 bits per heavy atom. The van der Waals surface area contributed by atoms with E-state index in [9.17, 15) is 22.2 Å². The molecule has 0 fully saturated rings. The van der Waals surface area contributed by atoms with Crippen LogP contribution in [0.3, 0.4) is 0 Å². The molecule has 1 atom stereocenters. The molecule has 1 aromatic rings. The number of benzene rings is 1. The van der Waals surface area contributed by atoms with Gasteiger partial charge in [-0.25, -0.2) is 4.21 Å². The van der Waals surface area contributed by atoms with Crippen molar-refractivity contribution >= 4 is 22.5 Å². The molecule has 0 aromatic heterocycles. The van der Waals surface area contributed by atoms with Crippen LogP contribution >= 0.6 is 0 Å². The Balaban J connectivity index is 2.75. The van der Waals surface area contributed by atoms with Gasteiger partial charge in [-0.1, -0.05) is 0 Å². The van der Waals surface area contributed by atoms with Gasteiger partial charge in [0, 0.05) is 10.6 Å². The van der Waals surface area contributed by atoms with Crippen LogP contribution in [0.5, 0.6) is 0 Å². The van der Waals surface area contributed by atoms with Crippen LogP contribution in [-0.2, 0) is 15.6 Å². The van der Waals surface area contributed by atoms with Crippen molar-refractivity contribution < 1.29 is 27.3 Å². The van der Waals surface area contributed by atoms with Crippen LogP contribution in [0.2, 0.25) is 0 Å². The number of hydrogen-bond donors (Lipinski definition) is 2. The fourth-order valence-corrected chi connectivity index (χ4v) is 1.66. The maximum atomic E-state index is 12.1. The molecule has 0 aliphatic heterocycles. The van der Waals surface area contributed by atoms with E-state index < -0.39 is 22.3 Å². The normalized spacial score (nSPS) is 13.1. The van der Waals surface area contributed by atoms with Gasteiger partial charge in [0.1, 0.15) is 6.54 Å². The van der Waals surface area contributed by atoms with Crippen molar-refractivity contribution in [1.82, 2.24) is 0 Å². The Morgan fingerprint density at radius 2 is 1.82 bits per heavy atom. The molecule has 4 nitrogen and oxygen atoms in total. The molecule has 0 saturated heterocycles. The van der Waals surface area contributed by atoms with E-state index in [0.717, 1.165) is 12.1 Å². The first kappa shape index (κ1) is 13.5. The largest absolute Gasteiger partial charge is 0.480 e. The minimum absolute atomic E-state index is 0.343. The summed E-state index contributed by atoms with van der Waals surface area (Å²) in [6.45, 7) is -0.346. The number of carboxylic acids is 1. The second-order valence-electron chi connectivity index (χ2n) is 2.99. The van der Waals surface area contributed by atoms with Crippen LogP contribution in [-0.4, -0.2) is 27.3 Å². The molecule has 8 heteroatoms. The topological polar surface area (TPSA) is 66.4 Å². The molecule has 0 amide bonds. The molecule has 0 aliphatic carbocycles. The van der Waals surface area contributed by atoms with Gasteiger partial charge < -0.3 is 10.4 Å². The number of halogens is 3. The lowest BCUT2D eigenvalue weighted by Crippen LogP contribution is -2.16. The molecule has 0 aliphatic rings. The molecule has 0 bridgehead atoms. The van der Waals surface area contributed by atoms with E-state index >= 15 is 0 Å². The van der Waals surface area contributed by atoms with Gasteiger partial charge in [0.2, 0.25) is 0 Å². The third-order valence-electron chi connectivity index (χ3n) is 1.72. The molecule has 1 rings (SSSR count). The van der Waals surface area contributed by atoms with E-state index in [2.05, 4.69) is 5.32 Å². The zero-order valence-corrected chi connectivity index (χ0v) is 9.14. The molecule has 17 heavy (non-hydrogen) atoms. The van der Waals surface area contributed by atoms with Gasteiger partial charge in [0.05, 0.1) is 0 Å². The standard InChI is InChI=1S/C9H8F3NO3S/c10-9(11,12)17(16)7-3-1-6(2-4-7)13-5-8(14)15/h1-4,13H,5H2,(H,14,15). The Morgan fingerprint density at radius 1 is 1.29 bits per heavy atom. The van der Waals surface area contributed by atoms with Crippen LogP contribution in [0.15, 0.2) is 29.2 Å². The number of carbonyl (C=O) groups is 1. The first-order valence-electron chi connectivity index (χ1n) is 4.35. The minimum atomic E-state index is -4.80. The highest BCUT2D eigenvalue weighted by Gasteiger charge is 2.37. The Hall–Kier alpha value is -1.57. The van der Waals surface area contributed by atoms with Crippen molar-refractivity contribution in [3.05, 3.63) is 24.3 Å². The van der Waals surface area contributed by atoms with Gasteiger partial charge in [-0.2, -0.15) is 13.2 Å². The smallest absolute Gasteiger partial charge is 0.475 e. The van der Waals surface area contributed by atoms with E-state index in [4.69, 9.17) is 5.11 Å². The maximum absolute atomic E-state index is 12.1. The van der Waals surface area contributed by atoms with Gasteiger partial charge in [-0.15, -0.1) is 0 Å². The highest BCUT2D eigenvalue weighted by Crippen LogP contribution is 2.26. The summed E-state index contributed by atoms with van der Waals surface area (Å²) in [5.74, 6) is -1.09. The third kappa shape index (κ3) is 4.06. The Bertz CT molecular complexity index is 430. The quantitative estimate of drug-likeness (QED) is 0.873. The molecule has 0 saturated carbocycles. The monoisotopic (exact) mass is 267 g/mol.